The molecule has 4 nitrogen and oxygen atoms in total. The van der Waals surface area contributed by atoms with E-state index >= 15 is 0 Å². The molecule has 0 aromatic carbocycles. The third-order valence-electron chi connectivity index (χ3n) is 2.14. The average Bonchev–Trinajstić information content (AvgIpc) is 2.45. The summed E-state index contributed by atoms with van der Waals surface area (Å²) in [5, 5.41) is 7.74. The van der Waals surface area contributed by atoms with Gasteiger partial charge in [-0.2, -0.15) is 5.10 Å². The highest BCUT2D eigenvalue weighted by atomic mass is 15.2. The van der Waals surface area contributed by atoms with Crippen LogP contribution >= 0.6 is 0 Å². The first kappa shape index (κ1) is 8.16. The minimum absolute atomic E-state index is 0.432. The van der Waals surface area contributed by atoms with Gasteiger partial charge in [0, 0.05) is 11.9 Å². The van der Waals surface area contributed by atoms with E-state index in [0.29, 0.717) is 11.7 Å². The van der Waals surface area contributed by atoms with Gasteiger partial charge in [0.05, 0.1) is 11.9 Å². The summed E-state index contributed by atoms with van der Waals surface area (Å²) < 4.78 is 1.96. The fraction of sp³-hybridized carbons (Fsp3) is 0.444. The molecule has 13 heavy (non-hydrogen) atoms. The fourth-order valence-electron chi connectivity index (χ4n) is 1.49. The Kier molecular flexibility index (Phi) is 1.76. The highest BCUT2D eigenvalue weighted by Crippen LogP contribution is 2.17. The molecule has 68 valence electrons. The lowest BCUT2D eigenvalue weighted by Gasteiger charge is -2.00. The molecule has 4 heteroatoms. The SMILES string of the molecule is Cc1c(C(C)C)nc2nnccn12. The first-order chi connectivity index (χ1) is 6.20. The van der Waals surface area contributed by atoms with Crippen molar-refractivity contribution in [1.29, 1.82) is 0 Å². The molecule has 0 fully saturated rings. The lowest BCUT2D eigenvalue weighted by molar-refractivity contribution is 0.821. The molecule has 0 aliphatic carbocycles. The minimum Gasteiger partial charge on any atom is -0.285 e. The molecule has 0 unspecified atom stereocenters. The highest BCUT2D eigenvalue weighted by Gasteiger charge is 2.11. The molecule has 2 heterocycles. The molecule has 2 rings (SSSR count). The monoisotopic (exact) mass is 176 g/mol. The highest BCUT2D eigenvalue weighted by molar-refractivity contribution is 5.34. The Balaban J connectivity index is 2.74. The van der Waals surface area contributed by atoms with E-state index in [4.69, 9.17) is 0 Å². The van der Waals surface area contributed by atoms with Crippen LogP contribution in [0.3, 0.4) is 0 Å². The van der Waals surface area contributed by atoms with Crippen molar-refractivity contribution in [1.82, 2.24) is 19.6 Å². The predicted octanol–water partition coefficient (Wildman–Crippen LogP) is 1.56. The smallest absolute Gasteiger partial charge is 0.254 e. The van der Waals surface area contributed by atoms with Crippen LogP contribution in [0.25, 0.3) is 5.78 Å². The first-order valence-corrected chi connectivity index (χ1v) is 4.36. The quantitative estimate of drug-likeness (QED) is 0.662. The van der Waals surface area contributed by atoms with Crippen LogP contribution in [0, 0.1) is 6.92 Å². The molecule has 0 aliphatic rings. The van der Waals surface area contributed by atoms with E-state index in [9.17, 15) is 0 Å². The molecule has 0 atom stereocenters. The molecular weight excluding hydrogens is 164 g/mol. The summed E-state index contributed by atoms with van der Waals surface area (Å²) in [5.74, 6) is 1.12. The summed E-state index contributed by atoms with van der Waals surface area (Å²) >= 11 is 0. The van der Waals surface area contributed by atoms with Crippen molar-refractivity contribution in [2.75, 3.05) is 0 Å². The zero-order valence-corrected chi connectivity index (χ0v) is 8.02. The molecule has 2 aromatic heterocycles. The lowest BCUT2D eigenvalue weighted by atomic mass is 10.1. The van der Waals surface area contributed by atoms with Gasteiger partial charge >= 0.3 is 0 Å². The Hall–Kier alpha value is -1.45. The molecule has 0 saturated carbocycles. The standard InChI is InChI=1S/C9H12N4/c1-6(2)8-7(3)13-5-4-10-12-9(13)11-8/h4-6H,1-3H3. The Morgan fingerprint density at radius 3 is 2.77 bits per heavy atom. The van der Waals surface area contributed by atoms with Crippen LogP contribution in [0.5, 0.6) is 0 Å². The van der Waals surface area contributed by atoms with Gasteiger partial charge in [0.25, 0.3) is 5.78 Å². The summed E-state index contributed by atoms with van der Waals surface area (Å²) in [6.07, 6.45) is 3.56. The molecule has 0 radical (unpaired) electrons. The van der Waals surface area contributed by atoms with Crippen LogP contribution in [0.4, 0.5) is 0 Å². The summed E-state index contributed by atoms with van der Waals surface area (Å²) in [7, 11) is 0. The van der Waals surface area contributed by atoms with Crippen LogP contribution in [0.1, 0.15) is 31.2 Å². The van der Waals surface area contributed by atoms with E-state index in [1.807, 2.05) is 10.6 Å². The van der Waals surface area contributed by atoms with Crippen molar-refractivity contribution < 1.29 is 0 Å². The van der Waals surface area contributed by atoms with Crippen LogP contribution in [0.2, 0.25) is 0 Å². The summed E-state index contributed by atoms with van der Waals surface area (Å²) in [5.41, 5.74) is 2.25. The Morgan fingerprint density at radius 1 is 1.38 bits per heavy atom. The Labute approximate surface area is 76.6 Å². The van der Waals surface area contributed by atoms with Gasteiger partial charge in [-0.25, -0.2) is 4.98 Å². The molecule has 0 aliphatic heterocycles. The normalized spacial score (nSPS) is 11.4. The largest absolute Gasteiger partial charge is 0.285 e. The van der Waals surface area contributed by atoms with E-state index in [2.05, 4.69) is 36.0 Å². The minimum atomic E-state index is 0.432. The molecule has 0 spiro atoms. The number of fused-ring (bicyclic) bond motifs is 1. The first-order valence-electron chi connectivity index (χ1n) is 4.36. The zero-order valence-electron chi connectivity index (χ0n) is 8.02. The van der Waals surface area contributed by atoms with Crippen LogP contribution in [-0.2, 0) is 0 Å². The third kappa shape index (κ3) is 1.18. The molecule has 2 aromatic rings. The summed E-state index contributed by atoms with van der Waals surface area (Å²) in [6.45, 7) is 6.31. The zero-order chi connectivity index (χ0) is 9.42. The summed E-state index contributed by atoms with van der Waals surface area (Å²) in [6, 6.07) is 0. The molecule has 0 amide bonds. The van der Waals surface area contributed by atoms with Gasteiger partial charge in [-0.15, -0.1) is 5.10 Å². The van der Waals surface area contributed by atoms with Gasteiger partial charge < -0.3 is 0 Å². The van der Waals surface area contributed by atoms with Crippen LogP contribution in [-0.4, -0.2) is 19.6 Å². The van der Waals surface area contributed by atoms with E-state index in [1.165, 1.54) is 0 Å². The molecule has 0 bridgehead atoms. The number of nitrogens with zero attached hydrogens (tertiary/aromatic N) is 4. The molecular formula is C9H12N4. The van der Waals surface area contributed by atoms with Crippen molar-refractivity contribution in [3.05, 3.63) is 23.8 Å². The number of aryl methyl sites for hydroxylation is 1. The van der Waals surface area contributed by atoms with Crippen molar-refractivity contribution in [2.24, 2.45) is 0 Å². The third-order valence-corrected chi connectivity index (χ3v) is 2.14. The number of aromatic nitrogens is 4. The maximum atomic E-state index is 4.40. The second-order valence-corrected chi connectivity index (χ2v) is 3.42. The summed E-state index contributed by atoms with van der Waals surface area (Å²) in [4.78, 5) is 4.40. The average molecular weight is 176 g/mol. The van der Waals surface area contributed by atoms with Gasteiger partial charge in [-0.3, -0.25) is 4.40 Å². The van der Waals surface area contributed by atoms with Crippen LogP contribution in [0.15, 0.2) is 12.4 Å². The number of imidazole rings is 1. The lowest BCUT2D eigenvalue weighted by Crippen LogP contribution is -1.92. The van der Waals surface area contributed by atoms with E-state index in [1.54, 1.807) is 6.20 Å². The van der Waals surface area contributed by atoms with Crippen molar-refractivity contribution in [3.63, 3.8) is 0 Å². The van der Waals surface area contributed by atoms with Gasteiger partial charge in [-0.1, -0.05) is 13.8 Å². The second kappa shape index (κ2) is 2.80. The van der Waals surface area contributed by atoms with Crippen molar-refractivity contribution in [2.45, 2.75) is 26.7 Å². The number of hydrogen-bond donors (Lipinski definition) is 0. The molecule has 0 N–H and O–H groups in total. The van der Waals surface area contributed by atoms with Gasteiger partial charge in [0.15, 0.2) is 0 Å². The number of rotatable bonds is 1. The van der Waals surface area contributed by atoms with Crippen molar-refractivity contribution in [3.8, 4) is 0 Å². The Bertz CT molecular complexity index is 430. The van der Waals surface area contributed by atoms with Gasteiger partial charge in [-0.05, 0) is 12.8 Å². The fourth-order valence-corrected chi connectivity index (χ4v) is 1.49. The van der Waals surface area contributed by atoms with Gasteiger partial charge in [0.1, 0.15) is 0 Å². The van der Waals surface area contributed by atoms with E-state index in [0.717, 1.165) is 11.4 Å². The second-order valence-electron chi connectivity index (χ2n) is 3.42. The van der Waals surface area contributed by atoms with Gasteiger partial charge in [0.2, 0.25) is 0 Å². The van der Waals surface area contributed by atoms with E-state index in [-0.39, 0.29) is 0 Å². The maximum absolute atomic E-state index is 4.40. The molecule has 0 saturated heterocycles. The maximum Gasteiger partial charge on any atom is 0.254 e. The topological polar surface area (TPSA) is 43.1 Å². The van der Waals surface area contributed by atoms with Crippen LogP contribution < -0.4 is 0 Å². The predicted molar refractivity (Wildman–Crippen MR) is 49.6 cm³/mol. The van der Waals surface area contributed by atoms with Crippen molar-refractivity contribution >= 4 is 5.78 Å². The Morgan fingerprint density at radius 2 is 2.15 bits per heavy atom. The van der Waals surface area contributed by atoms with E-state index < -0.39 is 0 Å². The number of hydrogen-bond acceptors (Lipinski definition) is 3.